The first kappa shape index (κ1) is 14.5. The first-order chi connectivity index (χ1) is 4.91. The van der Waals surface area contributed by atoms with Crippen molar-refractivity contribution in [3.05, 3.63) is 0 Å². The molecule has 0 rings (SSSR count). The first-order valence-corrected chi connectivity index (χ1v) is 5.44. The van der Waals surface area contributed by atoms with Gasteiger partial charge in [0.1, 0.15) is 0 Å². The molecule has 0 aromatic heterocycles. The van der Waals surface area contributed by atoms with Crippen LogP contribution in [0, 0.1) is 0 Å². The van der Waals surface area contributed by atoms with Crippen LogP contribution in [0.5, 0.6) is 0 Å². The van der Waals surface area contributed by atoms with Gasteiger partial charge in [-0.2, -0.15) is 0 Å². The van der Waals surface area contributed by atoms with Crippen molar-refractivity contribution in [2.75, 3.05) is 5.88 Å². The van der Waals surface area contributed by atoms with Crippen LogP contribution in [0.15, 0.2) is 0 Å². The molecule has 0 aliphatic heterocycles. The Morgan fingerprint density at radius 1 is 1.27 bits per heavy atom. The Morgan fingerprint density at radius 3 is 1.73 bits per heavy atom. The van der Waals surface area contributed by atoms with E-state index in [1.165, 1.54) is 19.3 Å². The summed E-state index contributed by atoms with van der Waals surface area (Å²) in [6, 6.07) is 0. The van der Waals surface area contributed by atoms with E-state index in [9.17, 15) is 0 Å². The summed E-state index contributed by atoms with van der Waals surface area (Å²) in [4.78, 5) is 0. The van der Waals surface area contributed by atoms with Crippen molar-refractivity contribution in [3.63, 3.8) is 0 Å². The Labute approximate surface area is 83.2 Å². The Kier molecular flexibility index (Phi) is 12.0. The topological polar surface area (TPSA) is 0 Å². The fraction of sp³-hybridized carbons (Fsp3) is 1.00. The van der Waals surface area contributed by atoms with Crippen molar-refractivity contribution >= 4 is 32.4 Å². The number of rotatable bonds is 3. The molecular formula is C8H19Cl2P. The molecule has 0 radical (unpaired) electrons. The first-order valence-electron chi connectivity index (χ1n) is 3.95. The van der Waals surface area contributed by atoms with Crippen LogP contribution in [0.2, 0.25) is 0 Å². The second-order valence-corrected chi connectivity index (χ2v) is 6.12. The molecule has 0 N–H and O–H groups in total. The van der Waals surface area contributed by atoms with E-state index in [1.807, 2.05) is 13.8 Å². The van der Waals surface area contributed by atoms with Gasteiger partial charge in [0.25, 0.3) is 0 Å². The molecule has 0 bridgehead atoms. The highest BCUT2D eigenvalue weighted by Crippen LogP contribution is 2.19. The van der Waals surface area contributed by atoms with Crippen molar-refractivity contribution in [2.45, 2.75) is 44.6 Å². The maximum Gasteiger partial charge on any atom is 0.0528 e. The van der Waals surface area contributed by atoms with E-state index >= 15 is 0 Å². The lowest BCUT2D eigenvalue weighted by Gasteiger charge is -2.01. The second-order valence-electron chi connectivity index (χ2n) is 2.96. The minimum Gasteiger partial charge on any atom is -0.127 e. The zero-order chi connectivity index (χ0) is 9.33. The summed E-state index contributed by atoms with van der Waals surface area (Å²) in [5, 5.41) is 0. The molecular weight excluding hydrogens is 198 g/mol. The predicted octanol–water partition coefficient (Wildman–Crippen LogP) is 4.25. The molecule has 3 heteroatoms. The lowest BCUT2D eigenvalue weighted by molar-refractivity contribution is 0.776. The molecule has 0 aromatic rings. The summed E-state index contributed by atoms with van der Waals surface area (Å²) in [7, 11) is 2.48. The summed E-state index contributed by atoms with van der Waals surface area (Å²) < 4.78 is -0.111. The third-order valence-corrected chi connectivity index (χ3v) is 1.00. The van der Waals surface area contributed by atoms with Crippen LogP contribution in [0.1, 0.15) is 40.0 Å². The van der Waals surface area contributed by atoms with Gasteiger partial charge in [-0.3, -0.25) is 0 Å². The Hall–Kier alpha value is 1.01. The van der Waals surface area contributed by atoms with Gasteiger partial charge in [-0.25, -0.2) is 0 Å². The number of alkyl halides is 2. The molecule has 0 saturated heterocycles. The Morgan fingerprint density at radius 2 is 1.64 bits per heavy atom. The van der Waals surface area contributed by atoms with Gasteiger partial charge in [0.15, 0.2) is 0 Å². The standard InChI is InChI=1S/C5H11Cl.C3H8ClP/c1-2-3-4-5-6;1-3(2,4)5/h2-5H2,1H3;5H2,1-2H3. The minimum absolute atomic E-state index is 0.111. The van der Waals surface area contributed by atoms with E-state index in [2.05, 4.69) is 16.2 Å². The molecule has 70 valence electrons. The van der Waals surface area contributed by atoms with E-state index in [0.717, 1.165) is 5.88 Å². The summed E-state index contributed by atoms with van der Waals surface area (Å²) in [6.45, 7) is 6.00. The van der Waals surface area contributed by atoms with Crippen LogP contribution in [-0.2, 0) is 0 Å². The summed E-state index contributed by atoms with van der Waals surface area (Å²) in [6.07, 6.45) is 3.73. The van der Waals surface area contributed by atoms with E-state index in [-0.39, 0.29) is 4.62 Å². The summed E-state index contributed by atoms with van der Waals surface area (Å²) >= 11 is 10.9. The molecule has 0 spiro atoms. The van der Waals surface area contributed by atoms with Crippen LogP contribution >= 0.6 is 32.4 Å². The van der Waals surface area contributed by atoms with Gasteiger partial charge in [-0.05, 0) is 20.3 Å². The molecule has 11 heavy (non-hydrogen) atoms. The number of hydrogen-bond donors (Lipinski definition) is 0. The van der Waals surface area contributed by atoms with E-state index in [4.69, 9.17) is 23.2 Å². The molecule has 1 unspecified atom stereocenters. The van der Waals surface area contributed by atoms with Crippen molar-refractivity contribution in [2.24, 2.45) is 0 Å². The van der Waals surface area contributed by atoms with Crippen molar-refractivity contribution in [3.8, 4) is 0 Å². The van der Waals surface area contributed by atoms with Crippen LogP contribution < -0.4 is 0 Å². The quantitative estimate of drug-likeness (QED) is 0.376. The van der Waals surface area contributed by atoms with Crippen molar-refractivity contribution < 1.29 is 0 Å². The molecule has 0 heterocycles. The van der Waals surface area contributed by atoms with Crippen molar-refractivity contribution in [1.82, 2.24) is 0 Å². The number of hydrogen-bond acceptors (Lipinski definition) is 0. The smallest absolute Gasteiger partial charge is 0.0528 e. The zero-order valence-corrected chi connectivity index (χ0v) is 10.3. The van der Waals surface area contributed by atoms with Crippen LogP contribution in [0.3, 0.4) is 0 Å². The lowest BCUT2D eigenvalue weighted by atomic mass is 10.3. The molecule has 0 aliphatic rings. The van der Waals surface area contributed by atoms with Gasteiger partial charge < -0.3 is 0 Å². The highest BCUT2D eigenvalue weighted by molar-refractivity contribution is 7.22. The summed E-state index contributed by atoms with van der Waals surface area (Å²) in [5.74, 6) is 0.827. The maximum absolute atomic E-state index is 5.49. The lowest BCUT2D eigenvalue weighted by Crippen LogP contribution is -1.92. The molecule has 0 saturated carbocycles. The van der Waals surface area contributed by atoms with E-state index < -0.39 is 0 Å². The number of halogens is 2. The monoisotopic (exact) mass is 216 g/mol. The highest BCUT2D eigenvalue weighted by Gasteiger charge is 1.99. The van der Waals surface area contributed by atoms with Gasteiger partial charge in [-0.1, -0.05) is 19.8 Å². The van der Waals surface area contributed by atoms with Crippen molar-refractivity contribution in [1.29, 1.82) is 0 Å². The normalized spacial score (nSPS) is 10.4. The van der Waals surface area contributed by atoms with Gasteiger partial charge >= 0.3 is 0 Å². The third kappa shape index (κ3) is 55.6. The molecule has 0 aromatic carbocycles. The zero-order valence-electron chi connectivity index (χ0n) is 7.66. The average molecular weight is 217 g/mol. The van der Waals surface area contributed by atoms with Crippen LogP contribution in [-0.4, -0.2) is 10.5 Å². The van der Waals surface area contributed by atoms with Gasteiger partial charge in [-0.15, -0.1) is 32.4 Å². The molecule has 0 amide bonds. The van der Waals surface area contributed by atoms with Crippen LogP contribution in [0.25, 0.3) is 0 Å². The largest absolute Gasteiger partial charge is 0.127 e. The van der Waals surface area contributed by atoms with E-state index in [0.29, 0.717) is 0 Å². The highest BCUT2D eigenvalue weighted by atomic mass is 35.5. The Bertz CT molecular complexity index is 59.0. The molecule has 1 atom stereocenters. The SMILES string of the molecule is CC(C)(P)Cl.CCCCCCl. The third-order valence-electron chi connectivity index (χ3n) is 0.737. The predicted molar refractivity (Wildman–Crippen MR) is 59.9 cm³/mol. The maximum atomic E-state index is 5.49. The molecule has 0 fully saturated rings. The van der Waals surface area contributed by atoms with Gasteiger partial charge in [0.2, 0.25) is 0 Å². The average Bonchev–Trinajstić information content (AvgIpc) is 1.79. The second kappa shape index (κ2) is 9.10. The Balaban J connectivity index is 0. The molecule has 0 aliphatic carbocycles. The number of unbranched alkanes of at least 4 members (excludes halogenated alkanes) is 2. The molecule has 0 nitrogen and oxygen atoms in total. The fourth-order valence-corrected chi connectivity index (χ4v) is 0.533. The fourth-order valence-electron chi connectivity index (χ4n) is 0.344. The van der Waals surface area contributed by atoms with Gasteiger partial charge in [0, 0.05) is 5.88 Å². The van der Waals surface area contributed by atoms with Gasteiger partial charge in [0.05, 0.1) is 4.62 Å². The van der Waals surface area contributed by atoms with E-state index in [1.54, 1.807) is 0 Å². The van der Waals surface area contributed by atoms with Crippen LogP contribution in [0.4, 0.5) is 0 Å². The minimum atomic E-state index is -0.111. The summed E-state index contributed by atoms with van der Waals surface area (Å²) in [5.41, 5.74) is 0.